The number of hydrogen-bond donors (Lipinski definition) is 2. The number of anilines is 1. The number of benzene rings is 1. The van der Waals surface area contributed by atoms with Gasteiger partial charge in [0.25, 0.3) is 0 Å². The molecule has 4 rings (SSSR count). The summed E-state index contributed by atoms with van der Waals surface area (Å²) in [5.41, 5.74) is 1.73. The predicted molar refractivity (Wildman–Crippen MR) is 79.4 cm³/mol. The third-order valence-corrected chi connectivity index (χ3v) is 4.09. The van der Waals surface area contributed by atoms with Crippen LogP contribution in [0.1, 0.15) is 12.8 Å². The largest absolute Gasteiger partial charge is 0.480 e. The lowest BCUT2D eigenvalue weighted by atomic mass is 10.2. The Balaban J connectivity index is 1.98. The standard InChI is InChI=1S/C15H14N4O2/c20-15(21)11-6-3-7-19(11)14-12-9-4-1-2-5-10(9)18-13(12)16-8-17-14/h1-2,4-5,8,11H,3,6-7H2,(H,20,21)(H,16,17,18)/t11-/m1/s1. The highest BCUT2D eigenvalue weighted by Crippen LogP contribution is 2.34. The molecule has 0 radical (unpaired) electrons. The van der Waals surface area contributed by atoms with Crippen LogP contribution >= 0.6 is 0 Å². The Hall–Kier alpha value is -2.63. The first-order chi connectivity index (χ1) is 10.3. The number of H-pyrrole nitrogens is 1. The molecule has 3 heterocycles. The number of hydrogen-bond acceptors (Lipinski definition) is 4. The van der Waals surface area contributed by atoms with E-state index < -0.39 is 12.0 Å². The van der Waals surface area contributed by atoms with Crippen molar-refractivity contribution in [2.75, 3.05) is 11.4 Å². The Morgan fingerprint density at radius 3 is 3.05 bits per heavy atom. The second-order valence-electron chi connectivity index (χ2n) is 5.28. The zero-order chi connectivity index (χ0) is 14.4. The van der Waals surface area contributed by atoms with Gasteiger partial charge in [0.15, 0.2) is 0 Å². The summed E-state index contributed by atoms with van der Waals surface area (Å²) in [4.78, 5) is 25.2. The first-order valence-electron chi connectivity index (χ1n) is 6.96. The van der Waals surface area contributed by atoms with E-state index in [0.29, 0.717) is 18.8 Å². The summed E-state index contributed by atoms with van der Waals surface area (Å²) in [5.74, 6) is -0.0820. The van der Waals surface area contributed by atoms with Gasteiger partial charge < -0.3 is 15.0 Å². The Labute approximate surface area is 120 Å². The monoisotopic (exact) mass is 282 g/mol. The smallest absolute Gasteiger partial charge is 0.326 e. The molecular weight excluding hydrogens is 268 g/mol. The summed E-state index contributed by atoms with van der Waals surface area (Å²) in [5, 5.41) is 11.3. The van der Waals surface area contributed by atoms with Crippen molar-refractivity contribution in [1.29, 1.82) is 0 Å². The first kappa shape index (κ1) is 12.1. The van der Waals surface area contributed by atoms with Crippen LogP contribution in [-0.4, -0.2) is 38.6 Å². The fraction of sp³-hybridized carbons (Fsp3) is 0.267. The molecular formula is C15H14N4O2. The van der Waals surface area contributed by atoms with Gasteiger partial charge in [0, 0.05) is 17.4 Å². The molecule has 1 saturated heterocycles. The van der Waals surface area contributed by atoms with Crippen LogP contribution in [0.5, 0.6) is 0 Å². The molecule has 0 spiro atoms. The van der Waals surface area contributed by atoms with Gasteiger partial charge in [-0.25, -0.2) is 14.8 Å². The van der Waals surface area contributed by atoms with Gasteiger partial charge in [-0.3, -0.25) is 0 Å². The molecule has 0 amide bonds. The SMILES string of the molecule is O=C(O)[C@H]1CCCN1c1ncnc2[nH]c3ccccc3c12. The summed E-state index contributed by atoms with van der Waals surface area (Å²) >= 11 is 0. The topological polar surface area (TPSA) is 82.1 Å². The van der Waals surface area contributed by atoms with Gasteiger partial charge in [-0.05, 0) is 18.9 Å². The zero-order valence-corrected chi connectivity index (χ0v) is 11.3. The average Bonchev–Trinajstić information content (AvgIpc) is 3.11. The van der Waals surface area contributed by atoms with E-state index >= 15 is 0 Å². The zero-order valence-electron chi connectivity index (χ0n) is 11.3. The fourth-order valence-electron chi connectivity index (χ4n) is 3.15. The molecule has 1 fully saturated rings. The number of fused-ring (bicyclic) bond motifs is 3. The molecule has 3 aromatic rings. The second kappa shape index (κ2) is 4.44. The van der Waals surface area contributed by atoms with Gasteiger partial charge in [0.2, 0.25) is 0 Å². The van der Waals surface area contributed by atoms with Crippen LogP contribution in [0.3, 0.4) is 0 Å². The highest BCUT2D eigenvalue weighted by molar-refractivity contribution is 6.11. The number of aliphatic carboxylic acids is 1. The van der Waals surface area contributed by atoms with E-state index in [1.165, 1.54) is 6.33 Å². The minimum absolute atomic E-state index is 0.503. The van der Waals surface area contributed by atoms with E-state index in [1.54, 1.807) is 0 Å². The molecule has 6 nitrogen and oxygen atoms in total. The molecule has 1 atom stereocenters. The molecule has 106 valence electrons. The van der Waals surface area contributed by atoms with Crippen LogP contribution in [0.4, 0.5) is 5.82 Å². The first-order valence-corrected chi connectivity index (χ1v) is 6.96. The van der Waals surface area contributed by atoms with Gasteiger partial charge in [-0.2, -0.15) is 0 Å². The fourth-order valence-corrected chi connectivity index (χ4v) is 3.15. The van der Waals surface area contributed by atoms with Crippen LogP contribution in [0, 0.1) is 0 Å². The number of carboxylic acid groups (broad SMARTS) is 1. The lowest BCUT2D eigenvalue weighted by Gasteiger charge is -2.22. The van der Waals surface area contributed by atoms with E-state index in [1.807, 2.05) is 29.2 Å². The minimum atomic E-state index is -0.792. The number of carbonyl (C=O) groups is 1. The number of aromatic amines is 1. The Morgan fingerprint density at radius 1 is 1.33 bits per heavy atom. The summed E-state index contributed by atoms with van der Waals surface area (Å²) in [6, 6.07) is 7.41. The van der Waals surface area contributed by atoms with E-state index in [2.05, 4.69) is 15.0 Å². The second-order valence-corrected chi connectivity index (χ2v) is 5.28. The van der Waals surface area contributed by atoms with E-state index in [0.717, 1.165) is 28.4 Å². The summed E-state index contributed by atoms with van der Waals surface area (Å²) < 4.78 is 0. The molecule has 0 bridgehead atoms. The van der Waals surface area contributed by atoms with Crippen LogP contribution in [0.2, 0.25) is 0 Å². The average molecular weight is 282 g/mol. The molecule has 1 aliphatic rings. The van der Waals surface area contributed by atoms with Crippen molar-refractivity contribution in [3.8, 4) is 0 Å². The minimum Gasteiger partial charge on any atom is -0.480 e. The molecule has 1 aromatic carbocycles. The molecule has 2 aromatic heterocycles. The highest BCUT2D eigenvalue weighted by atomic mass is 16.4. The van der Waals surface area contributed by atoms with Crippen molar-refractivity contribution in [2.24, 2.45) is 0 Å². The summed E-state index contributed by atoms with van der Waals surface area (Å²) in [6.07, 6.45) is 3.01. The van der Waals surface area contributed by atoms with Crippen molar-refractivity contribution in [2.45, 2.75) is 18.9 Å². The van der Waals surface area contributed by atoms with Crippen LogP contribution < -0.4 is 4.90 Å². The van der Waals surface area contributed by atoms with Gasteiger partial charge >= 0.3 is 5.97 Å². The van der Waals surface area contributed by atoms with Crippen molar-refractivity contribution in [3.63, 3.8) is 0 Å². The molecule has 0 aliphatic carbocycles. The third-order valence-electron chi connectivity index (χ3n) is 4.09. The molecule has 2 N–H and O–H groups in total. The van der Waals surface area contributed by atoms with Gasteiger partial charge in [0.05, 0.1) is 5.39 Å². The Kier molecular flexibility index (Phi) is 2.57. The molecule has 6 heteroatoms. The Morgan fingerprint density at radius 2 is 2.19 bits per heavy atom. The number of para-hydroxylation sites is 1. The van der Waals surface area contributed by atoms with Gasteiger partial charge in [0.1, 0.15) is 23.8 Å². The maximum Gasteiger partial charge on any atom is 0.326 e. The number of rotatable bonds is 2. The van der Waals surface area contributed by atoms with E-state index in [4.69, 9.17) is 0 Å². The highest BCUT2D eigenvalue weighted by Gasteiger charge is 2.33. The van der Waals surface area contributed by atoms with Gasteiger partial charge in [-0.1, -0.05) is 18.2 Å². The molecule has 0 unspecified atom stereocenters. The maximum absolute atomic E-state index is 11.4. The van der Waals surface area contributed by atoms with Crippen molar-refractivity contribution >= 4 is 33.7 Å². The summed E-state index contributed by atoms with van der Waals surface area (Å²) in [7, 11) is 0. The maximum atomic E-state index is 11.4. The predicted octanol–water partition coefficient (Wildman–Crippen LogP) is 2.16. The van der Waals surface area contributed by atoms with Crippen molar-refractivity contribution < 1.29 is 9.90 Å². The van der Waals surface area contributed by atoms with Crippen LogP contribution in [0.25, 0.3) is 21.9 Å². The quantitative estimate of drug-likeness (QED) is 0.752. The molecule has 21 heavy (non-hydrogen) atoms. The number of aromatic nitrogens is 3. The van der Waals surface area contributed by atoms with Crippen molar-refractivity contribution in [1.82, 2.24) is 15.0 Å². The van der Waals surface area contributed by atoms with E-state index in [-0.39, 0.29) is 0 Å². The van der Waals surface area contributed by atoms with Gasteiger partial charge in [-0.15, -0.1) is 0 Å². The van der Waals surface area contributed by atoms with Crippen LogP contribution in [-0.2, 0) is 4.79 Å². The number of carboxylic acids is 1. The lowest BCUT2D eigenvalue weighted by molar-refractivity contribution is -0.138. The van der Waals surface area contributed by atoms with Crippen LogP contribution in [0.15, 0.2) is 30.6 Å². The normalized spacial score (nSPS) is 18.7. The van der Waals surface area contributed by atoms with Crippen molar-refractivity contribution in [3.05, 3.63) is 30.6 Å². The lowest BCUT2D eigenvalue weighted by Crippen LogP contribution is -2.36. The Bertz CT molecular complexity index is 842. The number of nitrogens with one attached hydrogen (secondary N) is 1. The third kappa shape index (κ3) is 1.75. The summed E-state index contributed by atoms with van der Waals surface area (Å²) in [6.45, 7) is 0.711. The molecule has 1 aliphatic heterocycles. The molecule has 0 saturated carbocycles. The number of nitrogens with zero attached hydrogens (tertiary/aromatic N) is 3. The van der Waals surface area contributed by atoms with E-state index in [9.17, 15) is 9.90 Å².